The zero-order valence-corrected chi connectivity index (χ0v) is 16.4. The van der Waals surface area contributed by atoms with Crippen molar-refractivity contribution in [1.29, 1.82) is 0 Å². The van der Waals surface area contributed by atoms with Gasteiger partial charge in [0.2, 0.25) is 0 Å². The highest BCUT2D eigenvalue weighted by Gasteiger charge is 2.16. The van der Waals surface area contributed by atoms with E-state index in [0.29, 0.717) is 5.82 Å². The summed E-state index contributed by atoms with van der Waals surface area (Å²) >= 11 is 0. The van der Waals surface area contributed by atoms with Gasteiger partial charge in [0.25, 0.3) is 5.91 Å². The average Bonchev–Trinajstić information content (AvgIpc) is 3.36. The molecule has 5 aromatic rings. The van der Waals surface area contributed by atoms with Gasteiger partial charge in [-0.05, 0) is 43.2 Å². The van der Waals surface area contributed by atoms with Crippen molar-refractivity contribution in [2.24, 2.45) is 0 Å². The van der Waals surface area contributed by atoms with E-state index in [1.807, 2.05) is 49.4 Å². The number of imidazole rings is 1. The maximum absolute atomic E-state index is 12.7. The Labute approximate surface area is 172 Å². The predicted octanol–water partition coefficient (Wildman–Crippen LogP) is 3.86. The lowest BCUT2D eigenvalue weighted by Crippen LogP contribution is -2.34. The number of H-pyrrole nitrogens is 2. The summed E-state index contributed by atoms with van der Waals surface area (Å²) < 4.78 is 0. The summed E-state index contributed by atoms with van der Waals surface area (Å²) in [5, 5.41) is 11.5. The molecular weight excluding hydrogens is 376 g/mol. The van der Waals surface area contributed by atoms with Crippen molar-refractivity contribution in [1.82, 2.24) is 30.5 Å². The quantitative estimate of drug-likeness (QED) is 0.420. The van der Waals surface area contributed by atoms with Gasteiger partial charge >= 0.3 is 0 Å². The van der Waals surface area contributed by atoms with E-state index in [1.165, 1.54) is 5.56 Å². The number of carbonyl (C=O) groups is 1. The van der Waals surface area contributed by atoms with E-state index in [2.05, 4.69) is 42.6 Å². The normalized spacial score (nSPS) is 12.3. The molecule has 1 amide bonds. The molecule has 3 N–H and O–H groups in total. The lowest BCUT2D eigenvalue weighted by molar-refractivity contribution is 0.0931. The van der Waals surface area contributed by atoms with Crippen LogP contribution in [0.2, 0.25) is 0 Å². The number of aromatic nitrogens is 5. The number of aromatic amines is 2. The average molecular weight is 396 g/mol. The van der Waals surface area contributed by atoms with E-state index < -0.39 is 0 Å². The standard InChI is InChI=1S/C23H20N6O/c1-14(11-15-5-3-2-4-6-15)25-23(30)22-26-19-12-17-18(13-20(19)27-22)28-29-21(17)16-7-9-24-10-8-16/h2-10,12-14H,11H2,1H3,(H,25,30)(H,26,27)(H,28,29)/t14-/m1/s1. The van der Waals surface area contributed by atoms with Crippen LogP contribution in [0.4, 0.5) is 0 Å². The molecule has 7 nitrogen and oxygen atoms in total. The Morgan fingerprint density at radius 2 is 1.87 bits per heavy atom. The molecule has 30 heavy (non-hydrogen) atoms. The van der Waals surface area contributed by atoms with E-state index in [9.17, 15) is 4.79 Å². The van der Waals surface area contributed by atoms with Crippen LogP contribution in [-0.2, 0) is 6.42 Å². The highest BCUT2D eigenvalue weighted by atomic mass is 16.2. The van der Waals surface area contributed by atoms with Gasteiger partial charge in [0.1, 0.15) is 5.69 Å². The maximum Gasteiger partial charge on any atom is 0.287 e. The van der Waals surface area contributed by atoms with Crippen molar-refractivity contribution >= 4 is 27.8 Å². The lowest BCUT2D eigenvalue weighted by Gasteiger charge is -2.12. The molecule has 5 rings (SSSR count). The molecule has 1 atom stereocenters. The van der Waals surface area contributed by atoms with Crippen LogP contribution in [0.1, 0.15) is 23.1 Å². The van der Waals surface area contributed by atoms with Gasteiger partial charge in [-0.1, -0.05) is 30.3 Å². The molecular formula is C23H20N6O. The second-order valence-corrected chi connectivity index (χ2v) is 7.37. The van der Waals surface area contributed by atoms with E-state index in [4.69, 9.17) is 0 Å². The fraction of sp³-hybridized carbons (Fsp3) is 0.130. The topological polar surface area (TPSA) is 99.3 Å². The van der Waals surface area contributed by atoms with Gasteiger partial charge in [0.15, 0.2) is 5.82 Å². The van der Waals surface area contributed by atoms with Crippen LogP contribution in [0.25, 0.3) is 33.2 Å². The zero-order chi connectivity index (χ0) is 20.5. The minimum Gasteiger partial charge on any atom is -0.347 e. The lowest BCUT2D eigenvalue weighted by atomic mass is 10.1. The molecule has 0 aliphatic rings. The summed E-state index contributed by atoms with van der Waals surface area (Å²) in [4.78, 5) is 24.4. The third-order valence-electron chi connectivity index (χ3n) is 5.10. The second kappa shape index (κ2) is 7.44. The number of fused-ring (bicyclic) bond motifs is 2. The predicted molar refractivity (Wildman–Crippen MR) is 116 cm³/mol. The Kier molecular flexibility index (Phi) is 4.48. The van der Waals surface area contributed by atoms with Crippen molar-refractivity contribution in [2.45, 2.75) is 19.4 Å². The summed E-state index contributed by atoms with van der Waals surface area (Å²) in [7, 11) is 0. The van der Waals surface area contributed by atoms with Crippen LogP contribution in [0, 0.1) is 0 Å². The molecule has 0 bridgehead atoms. The Morgan fingerprint density at radius 3 is 2.67 bits per heavy atom. The first kappa shape index (κ1) is 18.1. The fourth-order valence-electron chi connectivity index (χ4n) is 3.67. The summed E-state index contributed by atoms with van der Waals surface area (Å²) in [6.45, 7) is 1.99. The van der Waals surface area contributed by atoms with Crippen molar-refractivity contribution < 1.29 is 4.79 Å². The Bertz CT molecular complexity index is 1320. The van der Waals surface area contributed by atoms with Gasteiger partial charge in [-0.15, -0.1) is 0 Å². The Morgan fingerprint density at radius 1 is 1.07 bits per heavy atom. The minimum absolute atomic E-state index is 0.00906. The van der Waals surface area contributed by atoms with Crippen molar-refractivity contribution in [2.75, 3.05) is 0 Å². The second-order valence-electron chi connectivity index (χ2n) is 7.37. The third kappa shape index (κ3) is 3.41. The van der Waals surface area contributed by atoms with E-state index in [-0.39, 0.29) is 11.9 Å². The summed E-state index contributed by atoms with van der Waals surface area (Å²) in [5.41, 5.74) is 5.37. The first-order valence-electron chi connectivity index (χ1n) is 9.80. The third-order valence-corrected chi connectivity index (χ3v) is 5.10. The maximum atomic E-state index is 12.7. The number of benzene rings is 2. The molecule has 148 valence electrons. The van der Waals surface area contributed by atoms with Gasteiger partial charge in [-0.2, -0.15) is 5.10 Å². The number of carbonyl (C=O) groups excluding carboxylic acids is 1. The van der Waals surface area contributed by atoms with Crippen LogP contribution < -0.4 is 5.32 Å². The molecule has 3 heterocycles. The Hall–Kier alpha value is -4.00. The number of nitrogens with one attached hydrogen (secondary N) is 3. The first-order valence-corrected chi connectivity index (χ1v) is 9.80. The van der Waals surface area contributed by atoms with Gasteiger partial charge in [-0.3, -0.25) is 14.9 Å². The zero-order valence-electron chi connectivity index (χ0n) is 16.4. The Balaban J connectivity index is 1.41. The summed E-state index contributed by atoms with van der Waals surface area (Å²) in [6.07, 6.45) is 4.24. The molecule has 0 aliphatic heterocycles. The fourth-order valence-corrected chi connectivity index (χ4v) is 3.67. The van der Waals surface area contributed by atoms with Crippen LogP contribution in [0.3, 0.4) is 0 Å². The van der Waals surface area contributed by atoms with Crippen molar-refractivity contribution in [3.63, 3.8) is 0 Å². The molecule has 7 heteroatoms. The molecule has 0 aliphatic carbocycles. The minimum atomic E-state index is -0.217. The number of hydrogen-bond acceptors (Lipinski definition) is 4. The molecule has 0 radical (unpaired) electrons. The monoisotopic (exact) mass is 396 g/mol. The number of amides is 1. The molecule has 0 unspecified atom stereocenters. The largest absolute Gasteiger partial charge is 0.347 e. The number of nitrogens with zero attached hydrogens (tertiary/aromatic N) is 3. The first-order chi connectivity index (χ1) is 14.7. The van der Waals surface area contributed by atoms with Gasteiger partial charge in [-0.25, -0.2) is 4.98 Å². The summed E-state index contributed by atoms with van der Waals surface area (Å²) in [6, 6.07) is 17.8. The molecule has 3 aromatic heterocycles. The molecule has 0 saturated heterocycles. The smallest absolute Gasteiger partial charge is 0.287 e. The molecule has 0 fully saturated rings. The van der Waals surface area contributed by atoms with Gasteiger partial charge in [0, 0.05) is 29.4 Å². The van der Waals surface area contributed by atoms with Gasteiger partial charge in [0.05, 0.1) is 16.6 Å². The van der Waals surface area contributed by atoms with Crippen LogP contribution in [-0.4, -0.2) is 37.1 Å². The van der Waals surface area contributed by atoms with Crippen LogP contribution in [0.15, 0.2) is 67.0 Å². The van der Waals surface area contributed by atoms with Crippen LogP contribution >= 0.6 is 0 Å². The molecule has 0 spiro atoms. The highest BCUT2D eigenvalue weighted by molar-refractivity contribution is 6.02. The number of hydrogen-bond donors (Lipinski definition) is 3. The SMILES string of the molecule is C[C@H](Cc1ccccc1)NC(=O)c1nc2cc3c(-c4ccncc4)n[nH]c3cc2[nH]1. The molecule has 0 saturated carbocycles. The van der Waals surface area contributed by atoms with Crippen molar-refractivity contribution in [3.8, 4) is 11.3 Å². The van der Waals surface area contributed by atoms with Gasteiger partial charge < -0.3 is 10.3 Å². The molecule has 2 aromatic carbocycles. The van der Waals surface area contributed by atoms with E-state index >= 15 is 0 Å². The summed E-state index contributed by atoms with van der Waals surface area (Å²) in [5.74, 6) is 0.0850. The highest BCUT2D eigenvalue weighted by Crippen LogP contribution is 2.28. The van der Waals surface area contributed by atoms with E-state index in [1.54, 1.807) is 12.4 Å². The van der Waals surface area contributed by atoms with E-state index in [0.717, 1.165) is 39.6 Å². The van der Waals surface area contributed by atoms with Crippen LogP contribution in [0.5, 0.6) is 0 Å². The van der Waals surface area contributed by atoms with Crippen molar-refractivity contribution in [3.05, 3.63) is 78.4 Å². The number of rotatable bonds is 5. The number of pyridine rings is 1.